The molecule has 0 radical (unpaired) electrons. The van der Waals surface area contributed by atoms with Crippen molar-refractivity contribution in [2.75, 3.05) is 5.32 Å². The molecule has 92 valence electrons. The molecule has 1 heterocycles. The van der Waals surface area contributed by atoms with E-state index in [-0.39, 0.29) is 11.7 Å². The fraction of sp³-hybridized carbons (Fsp3) is 0.400. The number of rotatable bonds is 5. The zero-order valence-electron chi connectivity index (χ0n) is 9.45. The van der Waals surface area contributed by atoms with Gasteiger partial charge in [-0.25, -0.2) is 4.98 Å². The van der Waals surface area contributed by atoms with Crippen LogP contribution in [0.4, 0.5) is 11.5 Å². The molecule has 2 unspecified atom stereocenters. The molecule has 17 heavy (non-hydrogen) atoms. The van der Waals surface area contributed by atoms with Gasteiger partial charge in [0.2, 0.25) is 0 Å². The van der Waals surface area contributed by atoms with Crippen LogP contribution in [-0.2, 0) is 4.79 Å². The number of carboxylic acid groups (broad SMARTS) is 1. The number of hydrogen-bond acceptors (Lipinski definition) is 5. The van der Waals surface area contributed by atoms with Crippen molar-refractivity contribution in [1.29, 1.82) is 0 Å². The van der Waals surface area contributed by atoms with E-state index >= 15 is 0 Å². The first kappa shape index (κ1) is 12.9. The molecule has 0 aliphatic heterocycles. The minimum atomic E-state index is -0.910. The van der Waals surface area contributed by atoms with E-state index in [9.17, 15) is 14.9 Å². The summed E-state index contributed by atoms with van der Waals surface area (Å²) < 4.78 is 0. The Morgan fingerprint density at radius 2 is 2.18 bits per heavy atom. The van der Waals surface area contributed by atoms with Gasteiger partial charge in [-0.05, 0) is 19.9 Å². The van der Waals surface area contributed by atoms with Gasteiger partial charge in [0.25, 0.3) is 5.69 Å². The van der Waals surface area contributed by atoms with Crippen molar-refractivity contribution >= 4 is 17.5 Å². The third-order valence-corrected chi connectivity index (χ3v) is 2.47. The summed E-state index contributed by atoms with van der Waals surface area (Å²) in [7, 11) is 0. The van der Waals surface area contributed by atoms with Gasteiger partial charge in [0.1, 0.15) is 12.0 Å². The van der Waals surface area contributed by atoms with Crippen LogP contribution in [0.2, 0.25) is 0 Å². The lowest BCUT2D eigenvalue weighted by Gasteiger charge is -2.17. The minimum absolute atomic E-state index is 0.102. The lowest BCUT2D eigenvalue weighted by molar-refractivity contribution is -0.385. The van der Waals surface area contributed by atoms with E-state index in [1.54, 1.807) is 13.8 Å². The van der Waals surface area contributed by atoms with Crippen molar-refractivity contribution in [1.82, 2.24) is 4.98 Å². The summed E-state index contributed by atoms with van der Waals surface area (Å²) in [6.45, 7) is 3.28. The fourth-order valence-corrected chi connectivity index (χ4v) is 1.15. The van der Waals surface area contributed by atoms with Gasteiger partial charge >= 0.3 is 5.97 Å². The standard InChI is InChI=1S/C10H13N3O4/c1-6(10(14)15)7(2)12-9-4-3-8(5-11-9)13(16)17/h3-7H,1-2H3,(H,11,12)(H,14,15). The number of carboxylic acids is 1. The largest absolute Gasteiger partial charge is 0.481 e. The number of hydrogen-bond donors (Lipinski definition) is 2. The van der Waals surface area contributed by atoms with Crippen molar-refractivity contribution in [2.45, 2.75) is 19.9 Å². The van der Waals surface area contributed by atoms with Crippen molar-refractivity contribution < 1.29 is 14.8 Å². The molecule has 0 aliphatic carbocycles. The maximum Gasteiger partial charge on any atom is 0.308 e. The molecule has 0 spiro atoms. The maximum absolute atomic E-state index is 10.7. The Bertz CT molecular complexity index is 418. The second-order valence-corrected chi connectivity index (χ2v) is 3.72. The molecule has 0 saturated carbocycles. The van der Waals surface area contributed by atoms with Crippen LogP contribution in [0.15, 0.2) is 18.3 Å². The number of aliphatic carboxylic acids is 1. The highest BCUT2D eigenvalue weighted by atomic mass is 16.6. The third kappa shape index (κ3) is 3.40. The van der Waals surface area contributed by atoms with Gasteiger partial charge in [-0.3, -0.25) is 14.9 Å². The van der Waals surface area contributed by atoms with Crippen molar-refractivity contribution in [2.24, 2.45) is 5.92 Å². The molecular weight excluding hydrogens is 226 g/mol. The minimum Gasteiger partial charge on any atom is -0.481 e. The third-order valence-electron chi connectivity index (χ3n) is 2.47. The fourth-order valence-electron chi connectivity index (χ4n) is 1.15. The molecule has 0 fully saturated rings. The summed E-state index contributed by atoms with van der Waals surface area (Å²) in [4.78, 5) is 24.4. The molecular formula is C10H13N3O4. The zero-order valence-corrected chi connectivity index (χ0v) is 9.45. The summed E-state index contributed by atoms with van der Waals surface area (Å²) in [5.74, 6) is -1.07. The number of pyridine rings is 1. The van der Waals surface area contributed by atoms with E-state index in [0.717, 1.165) is 6.20 Å². The Morgan fingerprint density at radius 1 is 1.53 bits per heavy atom. The number of nitrogens with one attached hydrogen (secondary N) is 1. The van der Waals surface area contributed by atoms with Crippen LogP contribution < -0.4 is 5.32 Å². The summed E-state index contributed by atoms with van der Waals surface area (Å²) in [6, 6.07) is 2.44. The highest BCUT2D eigenvalue weighted by molar-refractivity contribution is 5.71. The van der Waals surface area contributed by atoms with Crippen LogP contribution in [0.5, 0.6) is 0 Å². The smallest absolute Gasteiger partial charge is 0.308 e. The summed E-state index contributed by atoms with van der Waals surface area (Å²) >= 11 is 0. The van der Waals surface area contributed by atoms with E-state index in [0.29, 0.717) is 5.82 Å². The SMILES string of the molecule is CC(Nc1ccc([N+](=O)[O-])cn1)C(C)C(=O)O. The Kier molecular flexibility index (Phi) is 3.97. The molecule has 0 aromatic carbocycles. The molecule has 7 nitrogen and oxygen atoms in total. The first-order valence-electron chi connectivity index (χ1n) is 5.01. The van der Waals surface area contributed by atoms with E-state index in [1.165, 1.54) is 12.1 Å². The number of aromatic nitrogens is 1. The predicted molar refractivity (Wildman–Crippen MR) is 60.8 cm³/mol. The Labute approximate surface area is 97.6 Å². The van der Waals surface area contributed by atoms with E-state index in [1.807, 2.05) is 0 Å². The highest BCUT2D eigenvalue weighted by Gasteiger charge is 2.19. The van der Waals surface area contributed by atoms with Crippen LogP contribution in [0.3, 0.4) is 0 Å². The number of anilines is 1. The number of nitro groups is 1. The zero-order chi connectivity index (χ0) is 13.0. The Hall–Kier alpha value is -2.18. The van der Waals surface area contributed by atoms with Crippen LogP contribution >= 0.6 is 0 Å². The summed E-state index contributed by atoms with van der Waals surface area (Å²) in [5.41, 5.74) is -0.102. The molecule has 2 atom stereocenters. The molecule has 2 N–H and O–H groups in total. The van der Waals surface area contributed by atoms with Crippen molar-refractivity contribution in [3.8, 4) is 0 Å². The maximum atomic E-state index is 10.7. The van der Waals surface area contributed by atoms with Gasteiger partial charge < -0.3 is 10.4 Å². The molecule has 0 bridgehead atoms. The van der Waals surface area contributed by atoms with Crippen LogP contribution in [0, 0.1) is 16.0 Å². The van der Waals surface area contributed by atoms with E-state index in [4.69, 9.17) is 5.11 Å². The Balaban J connectivity index is 2.69. The van der Waals surface area contributed by atoms with Crippen molar-refractivity contribution in [3.05, 3.63) is 28.4 Å². The first-order valence-corrected chi connectivity index (χ1v) is 5.01. The van der Waals surface area contributed by atoms with Gasteiger partial charge in [-0.1, -0.05) is 0 Å². The van der Waals surface area contributed by atoms with Crippen LogP contribution in [-0.4, -0.2) is 27.0 Å². The molecule has 1 aromatic rings. The van der Waals surface area contributed by atoms with Crippen LogP contribution in [0.25, 0.3) is 0 Å². The molecule has 1 aromatic heterocycles. The average molecular weight is 239 g/mol. The van der Waals surface area contributed by atoms with Crippen LogP contribution in [0.1, 0.15) is 13.8 Å². The average Bonchev–Trinajstić information content (AvgIpc) is 2.28. The van der Waals surface area contributed by atoms with E-state index < -0.39 is 16.8 Å². The predicted octanol–water partition coefficient (Wildman–Crippen LogP) is 1.51. The van der Waals surface area contributed by atoms with Gasteiger partial charge in [0.05, 0.1) is 10.8 Å². The normalized spacial score (nSPS) is 13.8. The molecule has 0 saturated heterocycles. The first-order chi connectivity index (χ1) is 7.91. The molecule has 1 rings (SSSR count). The second kappa shape index (κ2) is 5.24. The van der Waals surface area contributed by atoms with Crippen molar-refractivity contribution in [3.63, 3.8) is 0 Å². The van der Waals surface area contributed by atoms with Gasteiger partial charge in [0.15, 0.2) is 0 Å². The highest BCUT2D eigenvalue weighted by Crippen LogP contribution is 2.14. The van der Waals surface area contributed by atoms with Gasteiger partial charge in [-0.15, -0.1) is 0 Å². The second-order valence-electron chi connectivity index (χ2n) is 3.72. The lowest BCUT2D eigenvalue weighted by Crippen LogP contribution is -2.29. The van der Waals surface area contributed by atoms with Gasteiger partial charge in [-0.2, -0.15) is 0 Å². The molecule has 7 heteroatoms. The van der Waals surface area contributed by atoms with E-state index in [2.05, 4.69) is 10.3 Å². The van der Waals surface area contributed by atoms with Gasteiger partial charge in [0, 0.05) is 12.1 Å². The Morgan fingerprint density at radius 3 is 2.59 bits per heavy atom. The summed E-state index contributed by atoms with van der Waals surface area (Å²) in [6.07, 6.45) is 1.13. The monoisotopic (exact) mass is 239 g/mol. The molecule has 0 amide bonds. The topological polar surface area (TPSA) is 105 Å². The summed E-state index contributed by atoms with van der Waals surface area (Å²) in [5, 5.41) is 22.1. The quantitative estimate of drug-likeness (QED) is 0.596. The molecule has 0 aliphatic rings. The number of carbonyl (C=O) groups is 1. The lowest BCUT2D eigenvalue weighted by atomic mass is 10.0. The number of nitrogens with zero attached hydrogens (tertiary/aromatic N) is 2.